The number of thiazole rings is 1. The van der Waals surface area contributed by atoms with E-state index in [1.54, 1.807) is 22.3 Å². The Labute approximate surface area is 334 Å². The molecule has 0 aromatic carbocycles. The number of amides is 4. The number of primary amides is 1. The Balaban J connectivity index is 0.00000442. The van der Waals surface area contributed by atoms with Gasteiger partial charge in [0.1, 0.15) is 22.8 Å². The number of aliphatic imine (C=N–C) groups is 1. The molecule has 0 fully saturated rings. The van der Waals surface area contributed by atoms with Crippen molar-refractivity contribution in [3.8, 4) is 0 Å². The molecular weight excluding hydrogens is 924 g/mol. The van der Waals surface area contributed by atoms with Gasteiger partial charge in [-0.3, -0.25) is 24.2 Å². The molecule has 3 radical (unpaired) electrons. The minimum absolute atomic E-state index is 0.0328. The summed E-state index contributed by atoms with van der Waals surface area (Å²) in [6.07, 6.45) is 2.17. The van der Waals surface area contributed by atoms with Gasteiger partial charge in [-0.2, -0.15) is 0 Å². The number of nitrogens with zero attached hydrogens (tertiary/aromatic N) is 3. The number of hydrogen-bond donors (Lipinski definition) is 6. The summed E-state index contributed by atoms with van der Waals surface area (Å²) in [7, 11) is 6.83. The molecule has 0 saturated carbocycles. The third-order valence-corrected chi connectivity index (χ3v) is 12.7. The molecule has 4 amide bonds. The fourth-order valence-electron chi connectivity index (χ4n) is 5.49. The van der Waals surface area contributed by atoms with Crippen molar-refractivity contribution in [1.29, 1.82) is 0 Å². The molecule has 13 nitrogen and oxygen atoms in total. The van der Waals surface area contributed by atoms with Gasteiger partial charge in [0.05, 0.1) is 35.8 Å². The van der Waals surface area contributed by atoms with Crippen LogP contribution in [-0.4, -0.2) is 131 Å². The van der Waals surface area contributed by atoms with Gasteiger partial charge >= 0.3 is 30.3 Å². The Hall–Kier alpha value is -1.65. The average Bonchev–Trinajstić information content (AvgIpc) is 3.82. The Kier molecular flexibility index (Phi) is 20.7. The van der Waals surface area contributed by atoms with Crippen LogP contribution in [0.1, 0.15) is 57.7 Å². The summed E-state index contributed by atoms with van der Waals surface area (Å²) in [5, 5.41) is 26.2. The third kappa shape index (κ3) is 14.3. The molecule has 2 aliphatic rings. The van der Waals surface area contributed by atoms with Gasteiger partial charge in [0.25, 0.3) is 5.91 Å². The van der Waals surface area contributed by atoms with Crippen molar-refractivity contribution < 1.29 is 24.3 Å². The first-order valence-electron chi connectivity index (χ1n) is 16.7. The number of aliphatic hydroxyl groups is 1. The van der Waals surface area contributed by atoms with Gasteiger partial charge in [-0.05, 0) is 44.7 Å². The molecule has 7 atom stereocenters. The third-order valence-electron chi connectivity index (χ3n) is 8.13. The van der Waals surface area contributed by atoms with E-state index in [1.165, 1.54) is 66.6 Å². The van der Waals surface area contributed by atoms with Gasteiger partial charge < -0.3 is 37.0 Å². The minimum atomic E-state index is -1.08. The number of likely N-dealkylation sites (N-methyl/N-ethyl adjacent to an activating group) is 1. The first-order chi connectivity index (χ1) is 24.2. The zero-order valence-electron chi connectivity index (χ0n) is 30.4. The number of aliphatic hydroxyl groups excluding tert-OH is 1. The summed E-state index contributed by atoms with van der Waals surface area (Å²) >= 11 is 4.19. The average molecular weight is 977 g/mol. The number of rotatable bonds is 20. The van der Waals surface area contributed by atoms with Crippen molar-refractivity contribution in [2.75, 3.05) is 25.6 Å². The van der Waals surface area contributed by atoms with Gasteiger partial charge in [0, 0.05) is 41.5 Å². The van der Waals surface area contributed by atoms with Crippen LogP contribution in [0.2, 0.25) is 4.48 Å². The molecule has 283 valence electrons. The fourth-order valence-corrected chi connectivity index (χ4v) is 9.71. The summed E-state index contributed by atoms with van der Waals surface area (Å²) in [5.41, 5.74) is 7.65. The molecule has 0 bridgehead atoms. The van der Waals surface area contributed by atoms with Crippen molar-refractivity contribution in [2.45, 2.75) is 93.6 Å². The number of hydrogen-bond acceptors (Lipinski definition) is 13. The molecule has 2 aliphatic heterocycles. The van der Waals surface area contributed by atoms with Crippen LogP contribution in [0.25, 0.3) is 6.08 Å². The van der Waals surface area contributed by atoms with E-state index in [0.717, 1.165) is 17.8 Å². The first-order valence-corrected chi connectivity index (χ1v) is 24.9. The van der Waals surface area contributed by atoms with E-state index in [-0.39, 0.29) is 48.2 Å². The van der Waals surface area contributed by atoms with Crippen LogP contribution < -0.4 is 27.0 Å². The quantitative estimate of drug-likeness (QED) is 0.0640. The van der Waals surface area contributed by atoms with E-state index in [1.807, 2.05) is 31.3 Å². The topological polar surface area (TPSA) is 191 Å². The Bertz CT molecular complexity index is 1390. The van der Waals surface area contributed by atoms with Gasteiger partial charge in [-0.15, -0.1) is 23.1 Å². The molecular formula is C33H53N8O5PbS4. The Morgan fingerprint density at radius 2 is 1.92 bits per heavy atom. The second kappa shape index (κ2) is 23.2. The second-order valence-electron chi connectivity index (χ2n) is 12.6. The summed E-state index contributed by atoms with van der Waals surface area (Å²) in [6.45, 7) is 11.6. The van der Waals surface area contributed by atoms with Crippen molar-refractivity contribution in [1.82, 2.24) is 31.2 Å². The van der Waals surface area contributed by atoms with Crippen LogP contribution in [0, 0.1) is 11.8 Å². The molecule has 0 spiro atoms. The van der Waals surface area contributed by atoms with Crippen molar-refractivity contribution in [3.63, 3.8) is 0 Å². The molecule has 1 aromatic heterocycles. The zero-order valence-corrected chi connectivity index (χ0v) is 37.6. The fraction of sp³-hybridized carbons (Fsp3) is 0.636. The molecule has 0 aliphatic carbocycles. The number of nitrogens with two attached hydrogens (primary N) is 1. The predicted octanol–water partition coefficient (Wildman–Crippen LogP) is 2.54. The monoisotopic (exact) mass is 977 g/mol. The van der Waals surface area contributed by atoms with E-state index in [9.17, 15) is 24.3 Å². The van der Waals surface area contributed by atoms with Crippen LogP contribution in [0.15, 0.2) is 28.1 Å². The van der Waals surface area contributed by atoms with Crippen molar-refractivity contribution in [3.05, 3.63) is 33.8 Å². The van der Waals surface area contributed by atoms with E-state index < -0.39 is 30.0 Å². The molecule has 3 heterocycles. The van der Waals surface area contributed by atoms with Crippen LogP contribution >= 0.6 is 44.7 Å². The van der Waals surface area contributed by atoms with Crippen molar-refractivity contribution >= 4 is 106 Å². The number of aromatic nitrogens is 1. The van der Waals surface area contributed by atoms with Crippen LogP contribution in [0.3, 0.4) is 0 Å². The number of carbonyl (C=O) groups excluding carboxylic acids is 4. The SMILES string of the molecule is C=Cc1csc(CNC(=O)C(NC(=O)CCSSC[C@H](NC)C2=NC(C(=O)N[C@H](CC(C)C)C3SC=C(C(N)=O)N3C)[C@@H](C)C2)[C@H](C)O)n1.[CH3][Pb]. The molecule has 0 saturated heterocycles. The van der Waals surface area contributed by atoms with Gasteiger partial charge in [0.15, 0.2) is 0 Å². The predicted molar refractivity (Wildman–Crippen MR) is 214 cm³/mol. The van der Waals surface area contributed by atoms with Gasteiger partial charge in [-0.25, -0.2) is 4.98 Å². The summed E-state index contributed by atoms with van der Waals surface area (Å²) in [4.78, 5) is 61.7. The van der Waals surface area contributed by atoms with Crippen LogP contribution in [-0.2, 0) is 25.7 Å². The van der Waals surface area contributed by atoms with E-state index in [2.05, 4.69) is 51.2 Å². The molecule has 7 N–H and O–H groups in total. The summed E-state index contributed by atoms with van der Waals surface area (Å²) in [5.74, 6) is 0.144. The van der Waals surface area contributed by atoms with Gasteiger partial charge in [-0.1, -0.05) is 48.9 Å². The van der Waals surface area contributed by atoms with E-state index >= 15 is 0 Å². The van der Waals surface area contributed by atoms with Gasteiger partial charge in [0.2, 0.25) is 17.7 Å². The van der Waals surface area contributed by atoms with Crippen LogP contribution in [0.5, 0.6) is 0 Å². The maximum absolute atomic E-state index is 13.6. The standard InChI is InChI=1S/C32H50N8O5S4.CH3.Pb/c1-8-20-14-46-26(36-20)13-35-30(44)28(19(5)41)39-25(42)9-10-48-49-15-23(34-6)21-12-18(4)27(37-21)31(45)38-22(11-17(2)3)32-40(7)24(16-47-32)29(33)43;;/h8,14,16-19,22-23,27-28,32,34,41H,1,9-13,15H2,2-7H3,(H2,33,43)(H,35,44)(H,38,45)(H,39,42);1H3;/t18-,19-,22+,23-,27?,28?,32?;;/m0../s1. The normalized spacial score (nSPS) is 20.7. The molecule has 51 heavy (non-hydrogen) atoms. The second-order valence-corrected chi connectivity index (χ2v) is 17.1. The number of nitrogens with one attached hydrogen (secondary N) is 4. The molecule has 3 rings (SSSR count). The maximum atomic E-state index is 13.6. The molecule has 18 heteroatoms. The number of carbonyl (C=O) groups is 4. The summed E-state index contributed by atoms with van der Waals surface area (Å²) < 4.78 is 2.14. The van der Waals surface area contributed by atoms with Crippen molar-refractivity contribution in [2.24, 2.45) is 22.6 Å². The Morgan fingerprint density at radius 1 is 1.22 bits per heavy atom. The van der Waals surface area contributed by atoms with E-state index in [0.29, 0.717) is 34.5 Å². The zero-order chi connectivity index (χ0) is 38.2. The first kappa shape index (κ1) is 45.5. The summed E-state index contributed by atoms with van der Waals surface area (Å²) in [6, 6.07) is -1.81. The van der Waals surface area contributed by atoms with Crippen LogP contribution in [0.4, 0.5) is 0 Å². The molecule has 3 unspecified atom stereocenters. The number of thioether (sulfide) groups is 1. The Morgan fingerprint density at radius 3 is 2.49 bits per heavy atom. The molecule has 1 aromatic rings. The van der Waals surface area contributed by atoms with E-state index in [4.69, 9.17) is 10.7 Å².